The molecule has 0 saturated heterocycles. The van der Waals surface area contributed by atoms with Crippen molar-refractivity contribution in [3.05, 3.63) is 53.3 Å². The smallest absolute Gasteiger partial charge is 0.339 e. The lowest BCUT2D eigenvalue weighted by Crippen LogP contribution is -2.22. The van der Waals surface area contributed by atoms with Gasteiger partial charge in [-0.05, 0) is 31.2 Å². The van der Waals surface area contributed by atoms with Gasteiger partial charge in [0.25, 0.3) is 0 Å². The number of nitrogens with zero attached hydrogens (tertiary/aromatic N) is 2. The summed E-state index contributed by atoms with van der Waals surface area (Å²) in [7, 11) is 2.94. The van der Waals surface area contributed by atoms with Gasteiger partial charge >= 0.3 is 5.97 Å². The van der Waals surface area contributed by atoms with Crippen LogP contribution < -0.4 is 9.47 Å². The van der Waals surface area contributed by atoms with Crippen molar-refractivity contribution in [2.45, 2.75) is 19.4 Å². The number of oxime groups is 1. The van der Waals surface area contributed by atoms with Crippen molar-refractivity contribution in [2.24, 2.45) is 5.16 Å². The molecular weight excluding hydrogens is 336 g/mol. The third-order valence-electron chi connectivity index (χ3n) is 3.99. The first kappa shape index (κ1) is 17.7. The number of ether oxygens (including phenoxy) is 3. The van der Waals surface area contributed by atoms with E-state index in [9.17, 15) is 4.79 Å². The average molecular weight is 356 g/mol. The number of carbonyl (C=O) groups is 1. The van der Waals surface area contributed by atoms with Gasteiger partial charge in [-0.2, -0.15) is 0 Å². The molecule has 0 N–H and O–H groups in total. The molecule has 2 heterocycles. The van der Waals surface area contributed by atoms with Crippen molar-refractivity contribution in [1.29, 1.82) is 0 Å². The van der Waals surface area contributed by atoms with Gasteiger partial charge in [-0.3, -0.25) is 4.98 Å². The zero-order valence-electron chi connectivity index (χ0n) is 14.9. The number of hydrogen-bond acceptors (Lipinski definition) is 7. The Kier molecular flexibility index (Phi) is 5.36. The molecule has 1 aromatic carbocycles. The van der Waals surface area contributed by atoms with E-state index in [0.29, 0.717) is 35.8 Å². The molecule has 1 atom stereocenters. The monoisotopic (exact) mass is 356 g/mol. The number of esters is 1. The lowest BCUT2D eigenvalue weighted by atomic mass is 9.97. The first-order chi connectivity index (χ1) is 12.7. The summed E-state index contributed by atoms with van der Waals surface area (Å²) >= 11 is 0. The first-order valence-corrected chi connectivity index (χ1v) is 8.24. The van der Waals surface area contributed by atoms with Gasteiger partial charge in [0.1, 0.15) is 24.2 Å². The second-order valence-electron chi connectivity index (χ2n) is 5.59. The Morgan fingerprint density at radius 1 is 1.31 bits per heavy atom. The highest BCUT2D eigenvalue weighted by Crippen LogP contribution is 2.37. The van der Waals surface area contributed by atoms with Gasteiger partial charge < -0.3 is 19.0 Å². The van der Waals surface area contributed by atoms with Crippen molar-refractivity contribution in [1.82, 2.24) is 4.98 Å². The maximum Gasteiger partial charge on any atom is 0.339 e. The summed E-state index contributed by atoms with van der Waals surface area (Å²) in [6.45, 7) is 2.36. The van der Waals surface area contributed by atoms with Gasteiger partial charge in [-0.25, -0.2) is 4.79 Å². The molecule has 7 heteroatoms. The molecule has 26 heavy (non-hydrogen) atoms. The molecular formula is C19H20N2O5. The SMILES string of the molecule is CCO/N=C1/CC(c2ccc(C(=O)OC)cn2)Oc2cc(OC)ccc21. The Bertz CT molecular complexity index is 817. The zero-order valence-corrected chi connectivity index (χ0v) is 14.9. The molecule has 1 aliphatic heterocycles. The van der Waals surface area contributed by atoms with Crippen LogP contribution in [0.5, 0.6) is 11.5 Å². The van der Waals surface area contributed by atoms with Gasteiger partial charge in [-0.1, -0.05) is 5.16 Å². The van der Waals surface area contributed by atoms with Crippen molar-refractivity contribution < 1.29 is 23.8 Å². The maximum absolute atomic E-state index is 11.6. The number of methoxy groups -OCH3 is 2. The van der Waals surface area contributed by atoms with E-state index in [4.69, 9.17) is 19.0 Å². The zero-order chi connectivity index (χ0) is 18.5. The molecule has 0 spiro atoms. The Morgan fingerprint density at radius 3 is 2.81 bits per heavy atom. The molecule has 0 radical (unpaired) electrons. The molecule has 0 fully saturated rings. The number of hydrogen-bond donors (Lipinski definition) is 0. The number of fused-ring (bicyclic) bond motifs is 1. The van der Waals surface area contributed by atoms with E-state index in [1.54, 1.807) is 19.2 Å². The maximum atomic E-state index is 11.6. The first-order valence-electron chi connectivity index (χ1n) is 8.24. The summed E-state index contributed by atoms with van der Waals surface area (Å²) in [4.78, 5) is 21.2. The second-order valence-corrected chi connectivity index (χ2v) is 5.59. The molecule has 1 unspecified atom stereocenters. The van der Waals surface area contributed by atoms with E-state index in [2.05, 4.69) is 10.1 Å². The van der Waals surface area contributed by atoms with Gasteiger partial charge in [0.15, 0.2) is 0 Å². The highest BCUT2D eigenvalue weighted by atomic mass is 16.6. The molecule has 2 aromatic rings. The van der Waals surface area contributed by atoms with Crippen LogP contribution in [0.25, 0.3) is 0 Å². The quantitative estimate of drug-likeness (QED) is 0.605. The largest absolute Gasteiger partial charge is 0.497 e. The van der Waals surface area contributed by atoms with E-state index in [0.717, 1.165) is 11.3 Å². The van der Waals surface area contributed by atoms with E-state index >= 15 is 0 Å². The van der Waals surface area contributed by atoms with Crippen LogP contribution in [-0.2, 0) is 9.57 Å². The van der Waals surface area contributed by atoms with Crippen LogP contribution in [0.1, 0.15) is 41.1 Å². The van der Waals surface area contributed by atoms with E-state index in [-0.39, 0.29) is 6.10 Å². The Labute approximate surface area is 151 Å². The normalized spacial score (nSPS) is 17.2. The minimum absolute atomic E-state index is 0.347. The summed E-state index contributed by atoms with van der Waals surface area (Å²) in [6, 6.07) is 8.98. The van der Waals surface area contributed by atoms with Crippen LogP contribution >= 0.6 is 0 Å². The minimum Gasteiger partial charge on any atom is -0.497 e. The lowest BCUT2D eigenvalue weighted by Gasteiger charge is -2.27. The summed E-state index contributed by atoms with van der Waals surface area (Å²) in [5.74, 6) is 0.911. The van der Waals surface area contributed by atoms with Crippen LogP contribution in [0.3, 0.4) is 0 Å². The van der Waals surface area contributed by atoms with Crippen LogP contribution in [-0.4, -0.2) is 37.5 Å². The summed E-state index contributed by atoms with van der Waals surface area (Å²) < 4.78 is 16.1. The predicted octanol–water partition coefficient (Wildman–Crippen LogP) is 3.14. The number of benzene rings is 1. The average Bonchev–Trinajstić information content (AvgIpc) is 2.70. The molecule has 1 aromatic heterocycles. The Morgan fingerprint density at radius 2 is 2.15 bits per heavy atom. The second kappa shape index (κ2) is 7.86. The standard InChI is InChI=1S/C19H20N2O5/c1-4-25-21-16-10-18(15-8-5-12(11-20-15)19(22)24-3)26-17-9-13(23-2)6-7-14(16)17/h5-9,11,18H,4,10H2,1-3H3/b21-16-. The number of rotatable bonds is 5. The van der Waals surface area contributed by atoms with Crippen LogP contribution in [0, 0.1) is 0 Å². The highest BCUT2D eigenvalue weighted by Gasteiger charge is 2.28. The van der Waals surface area contributed by atoms with E-state index < -0.39 is 5.97 Å². The predicted molar refractivity (Wildman–Crippen MR) is 94.7 cm³/mol. The van der Waals surface area contributed by atoms with Crippen molar-refractivity contribution in [3.63, 3.8) is 0 Å². The number of pyridine rings is 1. The molecule has 1 aliphatic rings. The van der Waals surface area contributed by atoms with Crippen molar-refractivity contribution in [2.75, 3.05) is 20.8 Å². The van der Waals surface area contributed by atoms with E-state index in [1.807, 2.05) is 25.1 Å². The van der Waals surface area contributed by atoms with E-state index in [1.165, 1.54) is 13.3 Å². The van der Waals surface area contributed by atoms with Crippen LogP contribution in [0.15, 0.2) is 41.7 Å². The fraction of sp³-hybridized carbons (Fsp3) is 0.316. The Hall–Kier alpha value is -3.09. The molecule has 0 aliphatic carbocycles. The fourth-order valence-electron chi connectivity index (χ4n) is 2.67. The topological polar surface area (TPSA) is 79.2 Å². The Balaban J connectivity index is 1.92. The lowest BCUT2D eigenvalue weighted by molar-refractivity contribution is 0.0600. The van der Waals surface area contributed by atoms with Crippen LogP contribution in [0.4, 0.5) is 0 Å². The molecule has 136 valence electrons. The molecule has 0 amide bonds. The summed E-state index contributed by atoms with van der Waals surface area (Å²) in [6.07, 6.45) is 1.63. The third-order valence-corrected chi connectivity index (χ3v) is 3.99. The molecule has 3 rings (SSSR count). The van der Waals surface area contributed by atoms with Crippen LogP contribution in [0.2, 0.25) is 0 Å². The highest BCUT2D eigenvalue weighted by molar-refractivity contribution is 6.04. The van der Waals surface area contributed by atoms with Gasteiger partial charge in [0.05, 0.1) is 31.2 Å². The fourth-order valence-corrected chi connectivity index (χ4v) is 2.67. The van der Waals surface area contributed by atoms with Crippen molar-refractivity contribution in [3.8, 4) is 11.5 Å². The number of carbonyl (C=O) groups excluding carboxylic acids is 1. The summed E-state index contributed by atoms with van der Waals surface area (Å²) in [5.41, 5.74) is 2.72. The third kappa shape index (κ3) is 3.61. The van der Waals surface area contributed by atoms with Gasteiger partial charge in [0.2, 0.25) is 0 Å². The number of aromatic nitrogens is 1. The minimum atomic E-state index is -0.428. The van der Waals surface area contributed by atoms with Crippen molar-refractivity contribution >= 4 is 11.7 Å². The molecule has 0 saturated carbocycles. The molecule has 0 bridgehead atoms. The molecule has 7 nitrogen and oxygen atoms in total. The summed E-state index contributed by atoms with van der Waals surface area (Å²) in [5, 5.41) is 4.23. The van der Waals surface area contributed by atoms with Gasteiger partial charge in [-0.15, -0.1) is 0 Å². The van der Waals surface area contributed by atoms with Gasteiger partial charge in [0, 0.05) is 24.2 Å².